The van der Waals surface area contributed by atoms with E-state index in [-0.39, 0.29) is 46.7 Å². The van der Waals surface area contributed by atoms with Gasteiger partial charge >= 0.3 is 11.9 Å². The van der Waals surface area contributed by atoms with Gasteiger partial charge < -0.3 is 14.9 Å². The van der Waals surface area contributed by atoms with Crippen LogP contribution in [0.15, 0.2) is 9.26 Å². The van der Waals surface area contributed by atoms with E-state index >= 15 is 0 Å². The van der Waals surface area contributed by atoms with Crippen LogP contribution in [0.1, 0.15) is 0 Å². The molecular formula is C8H12N18O3. The molecule has 4 aromatic rings. The van der Waals surface area contributed by atoms with Crippen LogP contribution in [0.3, 0.4) is 0 Å². The number of nitrogens with zero attached hydrogens (tertiary/aromatic N) is 12. The van der Waals surface area contributed by atoms with Gasteiger partial charge in [0.1, 0.15) is 0 Å². The molecule has 12 N–H and O–H groups in total. The molecule has 0 bridgehead atoms. The van der Waals surface area contributed by atoms with E-state index in [1.54, 1.807) is 0 Å². The first kappa shape index (κ1) is 20.1. The number of hydrogen-bond acceptors (Lipinski definition) is 13. The normalized spacial score (nSPS) is 9.52. The van der Waals surface area contributed by atoms with Gasteiger partial charge in [-0.25, -0.2) is 9.26 Å². The highest BCUT2D eigenvalue weighted by Crippen LogP contribution is 2.30. The summed E-state index contributed by atoms with van der Waals surface area (Å²) in [5, 5.41) is 51.1. The summed E-state index contributed by atoms with van der Waals surface area (Å²) in [7, 11) is 0. The monoisotopic (exact) mass is 408 g/mol. The van der Waals surface area contributed by atoms with E-state index in [0.717, 1.165) is 0 Å². The van der Waals surface area contributed by atoms with Crippen LogP contribution in [0, 0.1) is 0 Å². The summed E-state index contributed by atoms with van der Waals surface area (Å²) < 4.78 is 14.5. The fourth-order valence-electron chi connectivity index (χ4n) is 1.34. The summed E-state index contributed by atoms with van der Waals surface area (Å²) in [6, 6.07) is 0. The molecule has 0 amide bonds. The summed E-state index contributed by atoms with van der Waals surface area (Å²) in [6.07, 6.45) is 0. The standard InChI is InChI=1S/C6N12O3.2CH5N3/c7-3(8-16-15-7)1-5(13-20-11-1)19-6-2(12-21-14-6)4-9-17-18-10-4;2*2-1(3)4/h;2*(H5,2,3,4)/q-2;;/p+2. The lowest BCUT2D eigenvalue weighted by atomic mass is 10.4. The molecule has 0 fully saturated rings. The SMILES string of the molecule is NC(N)=[NH2+].NC(N)=[NH2+].n1n[n-]c(-c2nonc2Oc2nonc2-c2nnn[n-]2)n1. The second-order valence-corrected chi connectivity index (χ2v) is 4.34. The van der Waals surface area contributed by atoms with Gasteiger partial charge in [-0.15, -0.1) is 0 Å². The molecule has 0 unspecified atom stereocenters. The van der Waals surface area contributed by atoms with Crippen molar-refractivity contribution >= 4 is 11.9 Å². The highest BCUT2D eigenvalue weighted by molar-refractivity contribution is 5.68. The molecule has 0 aromatic carbocycles. The van der Waals surface area contributed by atoms with Crippen LogP contribution in [0.25, 0.3) is 23.0 Å². The molecule has 152 valence electrons. The Labute approximate surface area is 157 Å². The second-order valence-electron chi connectivity index (χ2n) is 4.34. The molecule has 0 aliphatic heterocycles. The number of guanidine groups is 2. The summed E-state index contributed by atoms with van der Waals surface area (Å²) in [6.45, 7) is 0. The van der Waals surface area contributed by atoms with Crippen LogP contribution in [-0.4, -0.2) is 63.6 Å². The Hall–Kier alpha value is -5.24. The molecule has 4 heterocycles. The summed E-state index contributed by atoms with van der Waals surface area (Å²) in [4.78, 5) is 0. The number of ether oxygens (including phenoxy) is 1. The van der Waals surface area contributed by atoms with Crippen molar-refractivity contribution in [2.24, 2.45) is 22.9 Å². The zero-order chi connectivity index (χ0) is 21.2. The minimum absolute atomic E-state index is 0.0668. The van der Waals surface area contributed by atoms with E-state index in [1.807, 2.05) is 0 Å². The lowest BCUT2D eigenvalue weighted by Crippen LogP contribution is -2.51. The minimum atomic E-state index is -0.0887. The number of nitrogens with two attached hydrogens (primary N) is 6. The van der Waals surface area contributed by atoms with Gasteiger partial charge in [-0.2, -0.15) is 10.4 Å². The van der Waals surface area contributed by atoms with Crippen molar-refractivity contribution in [2.45, 2.75) is 0 Å². The second kappa shape index (κ2) is 9.46. The molecule has 0 spiro atoms. The molecular weight excluding hydrogens is 396 g/mol. The molecule has 0 saturated heterocycles. The topological polar surface area (TPSA) is 348 Å². The Kier molecular flexibility index (Phi) is 6.55. The molecule has 0 aliphatic rings. The van der Waals surface area contributed by atoms with Gasteiger partial charge in [0.2, 0.25) is 0 Å². The number of hydrogen-bond donors (Lipinski definition) is 6. The molecule has 21 heteroatoms. The van der Waals surface area contributed by atoms with Crippen LogP contribution in [0.4, 0.5) is 0 Å². The summed E-state index contributed by atoms with van der Waals surface area (Å²) in [5.41, 5.74) is 18.5. The lowest BCUT2D eigenvalue weighted by Gasteiger charge is -2.00. The molecule has 0 aliphatic carbocycles. The third kappa shape index (κ3) is 5.90. The maximum Gasteiger partial charge on any atom is 0.336 e. The number of rotatable bonds is 4. The first-order valence-corrected chi connectivity index (χ1v) is 6.86. The molecule has 4 rings (SSSR count). The van der Waals surface area contributed by atoms with Crippen molar-refractivity contribution in [2.75, 3.05) is 0 Å². The summed E-state index contributed by atoms with van der Waals surface area (Å²) >= 11 is 0. The van der Waals surface area contributed by atoms with E-state index in [4.69, 9.17) is 4.74 Å². The molecule has 4 aromatic heterocycles. The van der Waals surface area contributed by atoms with E-state index in [2.05, 4.69) is 105 Å². The Balaban J connectivity index is 0.000000324. The molecule has 0 saturated carbocycles. The minimum Gasteiger partial charge on any atom is -0.410 e. The Morgan fingerprint density at radius 2 is 1.10 bits per heavy atom. The molecule has 0 atom stereocenters. The van der Waals surface area contributed by atoms with Crippen molar-refractivity contribution in [1.29, 1.82) is 0 Å². The van der Waals surface area contributed by atoms with Crippen LogP contribution >= 0.6 is 0 Å². The van der Waals surface area contributed by atoms with Crippen molar-refractivity contribution in [1.82, 2.24) is 61.9 Å². The van der Waals surface area contributed by atoms with Gasteiger partial charge in [0.05, 0.1) is 11.6 Å². The van der Waals surface area contributed by atoms with Crippen molar-refractivity contribution < 1.29 is 24.8 Å². The number of tetrazole rings is 2. The predicted octanol–water partition coefficient (Wildman–Crippen LogP) is -8.10. The van der Waals surface area contributed by atoms with E-state index in [9.17, 15) is 0 Å². The fraction of sp³-hybridized carbons (Fsp3) is 0. The maximum absolute atomic E-state index is 5.36. The third-order valence-corrected chi connectivity index (χ3v) is 2.17. The van der Waals surface area contributed by atoms with Crippen molar-refractivity contribution in [3.8, 4) is 34.8 Å². The Morgan fingerprint density at radius 1 is 0.724 bits per heavy atom. The molecule has 0 radical (unpaired) electrons. The van der Waals surface area contributed by atoms with E-state index in [1.165, 1.54) is 0 Å². The first-order chi connectivity index (χ1) is 13.9. The Bertz CT molecular complexity index is 925. The van der Waals surface area contributed by atoms with Gasteiger partial charge in [-0.3, -0.25) is 54.4 Å². The van der Waals surface area contributed by atoms with Crippen LogP contribution in [0.5, 0.6) is 11.8 Å². The summed E-state index contributed by atoms with van der Waals surface area (Å²) in [5.74, 6) is -0.210. The van der Waals surface area contributed by atoms with Crippen LogP contribution in [0.2, 0.25) is 0 Å². The fourth-order valence-corrected chi connectivity index (χ4v) is 1.34. The maximum atomic E-state index is 5.36. The predicted molar refractivity (Wildman–Crippen MR) is 83.6 cm³/mol. The largest absolute Gasteiger partial charge is 0.410 e. The van der Waals surface area contributed by atoms with E-state index in [0.29, 0.717) is 0 Å². The first-order valence-electron chi connectivity index (χ1n) is 6.86. The van der Waals surface area contributed by atoms with Crippen molar-refractivity contribution in [3.05, 3.63) is 0 Å². The van der Waals surface area contributed by atoms with Crippen LogP contribution in [-0.2, 0) is 0 Å². The number of aromatic nitrogens is 12. The zero-order valence-corrected chi connectivity index (χ0v) is 14.1. The van der Waals surface area contributed by atoms with Crippen LogP contribution < -0.4 is 48.7 Å². The highest BCUT2D eigenvalue weighted by atomic mass is 16.6. The average molecular weight is 408 g/mol. The van der Waals surface area contributed by atoms with Crippen molar-refractivity contribution in [3.63, 3.8) is 0 Å². The van der Waals surface area contributed by atoms with Gasteiger partial charge in [0.15, 0.2) is 11.4 Å². The highest BCUT2D eigenvalue weighted by Gasteiger charge is 2.20. The van der Waals surface area contributed by atoms with Gasteiger partial charge in [0, 0.05) is 0 Å². The van der Waals surface area contributed by atoms with Gasteiger partial charge in [0.25, 0.3) is 11.8 Å². The molecule has 29 heavy (non-hydrogen) atoms. The Morgan fingerprint density at radius 3 is 1.41 bits per heavy atom. The average Bonchev–Trinajstić information content (AvgIpc) is 3.42. The lowest BCUT2D eigenvalue weighted by molar-refractivity contribution is -0.117. The third-order valence-electron chi connectivity index (χ3n) is 2.17. The van der Waals surface area contributed by atoms with Gasteiger partial charge in [-0.1, -0.05) is 0 Å². The quantitative estimate of drug-likeness (QED) is 0.135. The zero-order valence-electron chi connectivity index (χ0n) is 14.1. The van der Waals surface area contributed by atoms with E-state index < -0.39 is 0 Å². The molecule has 21 nitrogen and oxygen atoms in total. The smallest absolute Gasteiger partial charge is 0.336 e. The van der Waals surface area contributed by atoms with Gasteiger partial charge in [-0.05, 0) is 20.6 Å².